The molecule has 1 atom stereocenters. The van der Waals surface area contributed by atoms with Crippen LogP contribution < -0.4 is 5.32 Å². The van der Waals surface area contributed by atoms with Gasteiger partial charge in [0.15, 0.2) is 0 Å². The van der Waals surface area contributed by atoms with Crippen molar-refractivity contribution in [3.8, 4) is 0 Å². The highest BCUT2D eigenvalue weighted by Crippen LogP contribution is 2.20. The number of benzene rings is 1. The molecule has 7 heteroatoms. The van der Waals surface area contributed by atoms with Crippen LogP contribution in [0.4, 0.5) is 13.6 Å². The molecule has 0 aromatic heterocycles. The minimum absolute atomic E-state index is 0.0883. The van der Waals surface area contributed by atoms with Crippen LogP contribution in [-0.2, 0) is 16.1 Å². The fourth-order valence-corrected chi connectivity index (χ4v) is 2.47. The summed E-state index contributed by atoms with van der Waals surface area (Å²) in [7, 11) is 0. The maximum atomic E-state index is 13.5. The maximum Gasteiger partial charge on any atom is 0.410 e. The highest BCUT2D eigenvalue weighted by Gasteiger charge is 2.33. The summed E-state index contributed by atoms with van der Waals surface area (Å²) in [6.07, 6.45) is 0.0606. The zero-order chi connectivity index (χ0) is 17.9. The van der Waals surface area contributed by atoms with E-state index in [0.29, 0.717) is 13.0 Å². The van der Waals surface area contributed by atoms with Crippen molar-refractivity contribution in [3.63, 3.8) is 0 Å². The normalized spacial score (nSPS) is 17.7. The van der Waals surface area contributed by atoms with E-state index >= 15 is 0 Å². The highest BCUT2D eigenvalue weighted by atomic mass is 19.1. The summed E-state index contributed by atoms with van der Waals surface area (Å²) in [4.78, 5) is 25.6. The first-order valence-electron chi connectivity index (χ1n) is 7.85. The van der Waals surface area contributed by atoms with Gasteiger partial charge < -0.3 is 15.0 Å². The van der Waals surface area contributed by atoms with E-state index in [9.17, 15) is 18.4 Å². The van der Waals surface area contributed by atoms with Gasteiger partial charge in [0.05, 0.1) is 5.92 Å². The lowest BCUT2D eigenvalue weighted by molar-refractivity contribution is -0.124. The van der Waals surface area contributed by atoms with Gasteiger partial charge >= 0.3 is 6.09 Å². The Kier molecular flexibility index (Phi) is 5.41. The van der Waals surface area contributed by atoms with E-state index in [1.165, 1.54) is 4.90 Å². The molecule has 2 amide bonds. The summed E-state index contributed by atoms with van der Waals surface area (Å²) < 4.78 is 31.9. The predicted octanol–water partition coefficient (Wildman–Crippen LogP) is 2.84. The molecule has 1 fully saturated rings. The molecule has 1 saturated heterocycles. The lowest BCUT2D eigenvalue weighted by Crippen LogP contribution is -2.37. The Morgan fingerprint density at radius 1 is 1.33 bits per heavy atom. The summed E-state index contributed by atoms with van der Waals surface area (Å²) >= 11 is 0. The Labute approximate surface area is 140 Å². The summed E-state index contributed by atoms with van der Waals surface area (Å²) in [5.41, 5.74) is -0.503. The van der Waals surface area contributed by atoms with E-state index in [0.717, 1.165) is 18.2 Å². The van der Waals surface area contributed by atoms with Crippen molar-refractivity contribution in [2.75, 3.05) is 13.1 Å². The van der Waals surface area contributed by atoms with Gasteiger partial charge in [0.1, 0.15) is 17.2 Å². The number of hydrogen-bond acceptors (Lipinski definition) is 3. The molecule has 2 rings (SSSR count). The molecule has 1 aliphatic rings. The van der Waals surface area contributed by atoms with Crippen molar-refractivity contribution in [1.82, 2.24) is 10.2 Å². The SMILES string of the molecule is CC(C)(C)OC(=O)N1CCC(C(=O)NCc2cc(F)ccc2F)C1. The third-order valence-electron chi connectivity index (χ3n) is 3.67. The van der Waals surface area contributed by atoms with Gasteiger partial charge in [-0.1, -0.05) is 0 Å². The molecular formula is C17H22F2N2O3. The zero-order valence-corrected chi connectivity index (χ0v) is 14.1. The molecule has 0 radical (unpaired) electrons. The number of rotatable bonds is 3. The van der Waals surface area contributed by atoms with Gasteiger partial charge in [-0.05, 0) is 45.4 Å². The van der Waals surface area contributed by atoms with Crippen LogP contribution in [0.1, 0.15) is 32.8 Å². The molecule has 1 aromatic carbocycles. The molecular weight excluding hydrogens is 318 g/mol. The number of hydrogen-bond donors (Lipinski definition) is 1. The minimum atomic E-state index is -0.591. The van der Waals surface area contributed by atoms with Crippen LogP contribution >= 0.6 is 0 Å². The smallest absolute Gasteiger partial charge is 0.410 e. The molecule has 0 spiro atoms. The van der Waals surface area contributed by atoms with Crippen LogP contribution in [0.5, 0.6) is 0 Å². The number of halogens is 2. The quantitative estimate of drug-likeness (QED) is 0.920. The number of amides is 2. The van der Waals surface area contributed by atoms with E-state index in [1.807, 2.05) is 0 Å². The molecule has 1 aromatic rings. The largest absolute Gasteiger partial charge is 0.444 e. The lowest BCUT2D eigenvalue weighted by Gasteiger charge is -2.24. The van der Waals surface area contributed by atoms with Crippen molar-refractivity contribution >= 4 is 12.0 Å². The second-order valence-electron chi connectivity index (χ2n) is 6.87. The van der Waals surface area contributed by atoms with E-state index in [4.69, 9.17) is 4.74 Å². The van der Waals surface area contributed by atoms with Crippen LogP contribution in [0.3, 0.4) is 0 Å². The topological polar surface area (TPSA) is 58.6 Å². The Morgan fingerprint density at radius 2 is 2.04 bits per heavy atom. The number of carbonyl (C=O) groups excluding carboxylic acids is 2. The average molecular weight is 340 g/mol. The minimum Gasteiger partial charge on any atom is -0.444 e. The zero-order valence-electron chi connectivity index (χ0n) is 14.1. The second kappa shape index (κ2) is 7.15. The van der Waals surface area contributed by atoms with Crippen molar-refractivity contribution in [3.05, 3.63) is 35.4 Å². The molecule has 0 aliphatic carbocycles. The van der Waals surface area contributed by atoms with Crippen LogP contribution in [0.2, 0.25) is 0 Å². The van der Waals surface area contributed by atoms with Crippen LogP contribution in [0, 0.1) is 17.6 Å². The van der Waals surface area contributed by atoms with E-state index < -0.39 is 23.3 Å². The molecule has 1 N–H and O–H groups in total. The number of ether oxygens (including phenoxy) is 1. The summed E-state index contributed by atoms with van der Waals surface area (Å²) in [5, 5.41) is 2.59. The number of nitrogens with one attached hydrogen (secondary N) is 1. The van der Waals surface area contributed by atoms with Crippen LogP contribution in [0.15, 0.2) is 18.2 Å². The molecule has 1 aliphatic heterocycles. The van der Waals surface area contributed by atoms with Gasteiger partial charge in [-0.2, -0.15) is 0 Å². The third kappa shape index (κ3) is 4.91. The molecule has 1 heterocycles. The Balaban J connectivity index is 1.86. The van der Waals surface area contributed by atoms with Gasteiger partial charge in [-0.25, -0.2) is 13.6 Å². The van der Waals surface area contributed by atoms with E-state index in [-0.39, 0.29) is 30.5 Å². The van der Waals surface area contributed by atoms with Gasteiger partial charge in [-0.15, -0.1) is 0 Å². The molecule has 132 valence electrons. The fourth-order valence-electron chi connectivity index (χ4n) is 2.47. The van der Waals surface area contributed by atoms with Gasteiger partial charge in [0.25, 0.3) is 0 Å². The number of likely N-dealkylation sites (tertiary alicyclic amines) is 1. The Bertz CT molecular complexity index is 629. The van der Waals surface area contributed by atoms with Crippen molar-refractivity contribution in [2.24, 2.45) is 5.92 Å². The number of carbonyl (C=O) groups is 2. The molecule has 24 heavy (non-hydrogen) atoms. The third-order valence-corrected chi connectivity index (χ3v) is 3.67. The maximum absolute atomic E-state index is 13.5. The van der Waals surface area contributed by atoms with Gasteiger partial charge in [-0.3, -0.25) is 4.79 Å². The number of nitrogens with zero attached hydrogens (tertiary/aromatic N) is 1. The van der Waals surface area contributed by atoms with Crippen molar-refractivity contribution < 1.29 is 23.1 Å². The van der Waals surface area contributed by atoms with Crippen molar-refractivity contribution in [2.45, 2.75) is 39.3 Å². The molecule has 0 saturated carbocycles. The van der Waals surface area contributed by atoms with Crippen LogP contribution in [0.25, 0.3) is 0 Å². The lowest BCUT2D eigenvalue weighted by atomic mass is 10.1. The fraction of sp³-hybridized carbons (Fsp3) is 0.529. The van der Waals surface area contributed by atoms with Crippen LogP contribution in [-0.4, -0.2) is 35.6 Å². The van der Waals surface area contributed by atoms with E-state index in [2.05, 4.69) is 5.32 Å². The Hall–Kier alpha value is -2.18. The molecule has 5 nitrogen and oxygen atoms in total. The first-order chi connectivity index (χ1) is 11.2. The predicted molar refractivity (Wildman–Crippen MR) is 84.1 cm³/mol. The average Bonchev–Trinajstić information content (AvgIpc) is 2.96. The van der Waals surface area contributed by atoms with E-state index in [1.54, 1.807) is 20.8 Å². The standard InChI is InChI=1S/C17H22F2N2O3/c1-17(2,3)24-16(23)21-7-6-11(10-21)15(22)20-9-12-8-13(18)4-5-14(12)19/h4-5,8,11H,6-7,9-10H2,1-3H3,(H,20,22). The highest BCUT2D eigenvalue weighted by molar-refractivity contribution is 5.80. The molecule has 1 unspecified atom stereocenters. The van der Waals surface area contributed by atoms with Gasteiger partial charge in [0, 0.05) is 25.2 Å². The summed E-state index contributed by atoms with van der Waals surface area (Å²) in [6.45, 7) is 5.93. The second-order valence-corrected chi connectivity index (χ2v) is 6.87. The monoisotopic (exact) mass is 340 g/mol. The molecule has 0 bridgehead atoms. The van der Waals surface area contributed by atoms with Crippen molar-refractivity contribution in [1.29, 1.82) is 0 Å². The Morgan fingerprint density at radius 3 is 2.71 bits per heavy atom. The summed E-state index contributed by atoms with van der Waals surface area (Å²) in [6, 6.07) is 3.10. The summed E-state index contributed by atoms with van der Waals surface area (Å²) in [5.74, 6) is -1.80. The first-order valence-corrected chi connectivity index (χ1v) is 7.85. The first kappa shape index (κ1) is 18.2. The van der Waals surface area contributed by atoms with Gasteiger partial charge in [0.2, 0.25) is 5.91 Å².